The van der Waals surface area contributed by atoms with Crippen LogP contribution >= 0.6 is 0 Å². The van der Waals surface area contributed by atoms with Crippen molar-refractivity contribution in [2.75, 3.05) is 12.0 Å². The van der Waals surface area contributed by atoms with E-state index in [0.717, 1.165) is 6.54 Å². The van der Waals surface area contributed by atoms with Crippen LogP contribution in [0.1, 0.15) is 56.4 Å². The molecule has 1 aromatic heterocycles. The number of anilines is 1. The SMILES string of the molecule is CC(C)CC1(CNC(=O)c2cc(NN)ccn2)CCCC1. The number of nitrogen functional groups attached to an aromatic ring is 1. The molecule has 116 valence electrons. The first kappa shape index (κ1) is 15.8. The summed E-state index contributed by atoms with van der Waals surface area (Å²) in [4.78, 5) is 16.4. The van der Waals surface area contributed by atoms with Crippen molar-refractivity contribution in [3.63, 3.8) is 0 Å². The van der Waals surface area contributed by atoms with Crippen molar-refractivity contribution >= 4 is 11.6 Å². The highest BCUT2D eigenvalue weighted by atomic mass is 16.1. The fraction of sp³-hybridized carbons (Fsp3) is 0.625. The van der Waals surface area contributed by atoms with Crippen molar-refractivity contribution in [3.05, 3.63) is 24.0 Å². The van der Waals surface area contributed by atoms with Crippen LogP contribution in [-0.2, 0) is 0 Å². The molecule has 21 heavy (non-hydrogen) atoms. The van der Waals surface area contributed by atoms with Gasteiger partial charge in [0.05, 0.1) is 5.69 Å². The summed E-state index contributed by atoms with van der Waals surface area (Å²) in [5.74, 6) is 5.89. The van der Waals surface area contributed by atoms with E-state index in [-0.39, 0.29) is 11.3 Å². The minimum absolute atomic E-state index is 0.123. The fourth-order valence-electron chi connectivity index (χ4n) is 3.45. The molecule has 1 aliphatic rings. The van der Waals surface area contributed by atoms with Crippen LogP contribution in [0.4, 0.5) is 5.69 Å². The van der Waals surface area contributed by atoms with Gasteiger partial charge in [-0.25, -0.2) is 0 Å². The van der Waals surface area contributed by atoms with Crippen LogP contribution in [0.25, 0.3) is 0 Å². The first-order chi connectivity index (χ1) is 10.0. The second kappa shape index (κ2) is 6.89. The van der Waals surface area contributed by atoms with Crippen molar-refractivity contribution in [1.82, 2.24) is 10.3 Å². The van der Waals surface area contributed by atoms with E-state index >= 15 is 0 Å². The van der Waals surface area contributed by atoms with Crippen molar-refractivity contribution in [3.8, 4) is 0 Å². The highest BCUT2D eigenvalue weighted by Gasteiger charge is 2.34. The minimum atomic E-state index is -0.123. The molecule has 1 fully saturated rings. The molecule has 0 radical (unpaired) electrons. The number of carbonyl (C=O) groups excluding carboxylic acids is 1. The second-order valence-corrected chi connectivity index (χ2v) is 6.56. The Labute approximate surface area is 126 Å². The van der Waals surface area contributed by atoms with Crippen LogP contribution in [0, 0.1) is 11.3 Å². The summed E-state index contributed by atoms with van der Waals surface area (Å²) in [6.45, 7) is 5.24. The highest BCUT2D eigenvalue weighted by molar-refractivity contribution is 5.93. The number of nitrogens with one attached hydrogen (secondary N) is 2. The number of amides is 1. The van der Waals surface area contributed by atoms with Gasteiger partial charge in [-0.3, -0.25) is 15.6 Å². The summed E-state index contributed by atoms with van der Waals surface area (Å²) in [5.41, 5.74) is 3.90. The average molecular weight is 290 g/mol. The molecule has 2 rings (SSSR count). The third kappa shape index (κ3) is 4.17. The molecule has 0 aromatic carbocycles. The van der Waals surface area contributed by atoms with E-state index in [2.05, 4.69) is 29.6 Å². The number of nitrogens with two attached hydrogens (primary N) is 1. The van der Waals surface area contributed by atoms with Crippen LogP contribution in [0.2, 0.25) is 0 Å². The Kier molecular flexibility index (Phi) is 5.17. The molecule has 5 nitrogen and oxygen atoms in total. The lowest BCUT2D eigenvalue weighted by Gasteiger charge is -2.31. The van der Waals surface area contributed by atoms with E-state index in [1.807, 2.05) is 0 Å². The van der Waals surface area contributed by atoms with Gasteiger partial charge in [0.25, 0.3) is 5.91 Å². The smallest absolute Gasteiger partial charge is 0.269 e. The number of hydrogen-bond acceptors (Lipinski definition) is 4. The van der Waals surface area contributed by atoms with Crippen molar-refractivity contribution in [1.29, 1.82) is 0 Å². The summed E-state index contributed by atoms with van der Waals surface area (Å²) in [5, 5.41) is 3.07. The third-order valence-electron chi connectivity index (χ3n) is 4.29. The number of hydrogen-bond donors (Lipinski definition) is 3. The summed E-state index contributed by atoms with van der Waals surface area (Å²) >= 11 is 0. The second-order valence-electron chi connectivity index (χ2n) is 6.56. The van der Waals surface area contributed by atoms with Crippen LogP contribution in [0.3, 0.4) is 0 Å². The molecule has 0 saturated heterocycles. The van der Waals surface area contributed by atoms with Gasteiger partial charge < -0.3 is 10.7 Å². The van der Waals surface area contributed by atoms with Crippen LogP contribution in [-0.4, -0.2) is 17.4 Å². The number of nitrogens with zero attached hydrogens (tertiary/aromatic N) is 1. The first-order valence-corrected chi connectivity index (χ1v) is 7.75. The van der Waals surface area contributed by atoms with Crippen LogP contribution < -0.4 is 16.6 Å². The molecule has 1 heterocycles. The molecule has 1 aliphatic carbocycles. The molecule has 0 unspecified atom stereocenters. The predicted octanol–water partition coefficient (Wildman–Crippen LogP) is 2.70. The molecule has 0 bridgehead atoms. The van der Waals surface area contributed by atoms with Crippen LogP contribution in [0.15, 0.2) is 18.3 Å². The lowest BCUT2D eigenvalue weighted by atomic mass is 9.78. The molecular formula is C16H26N4O. The lowest BCUT2D eigenvalue weighted by Crippen LogP contribution is -2.37. The van der Waals surface area contributed by atoms with Gasteiger partial charge in [0.15, 0.2) is 0 Å². The van der Waals surface area contributed by atoms with E-state index in [1.165, 1.54) is 32.1 Å². The van der Waals surface area contributed by atoms with Gasteiger partial charge in [0, 0.05) is 12.7 Å². The van der Waals surface area contributed by atoms with Gasteiger partial charge in [0.2, 0.25) is 0 Å². The number of rotatable bonds is 6. The lowest BCUT2D eigenvalue weighted by molar-refractivity contribution is 0.0917. The summed E-state index contributed by atoms with van der Waals surface area (Å²) in [6, 6.07) is 3.40. The molecular weight excluding hydrogens is 264 g/mol. The maximum absolute atomic E-state index is 12.3. The summed E-state index contributed by atoms with van der Waals surface area (Å²) < 4.78 is 0. The molecule has 1 amide bonds. The van der Waals surface area contributed by atoms with Gasteiger partial charge in [-0.1, -0.05) is 26.7 Å². The largest absolute Gasteiger partial charge is 0.350 e. The quantitative estimate of drug-likeness (QED) is 0.556. The number of aromatic nitrogens is 1. The Bertz CT molecular complexity index is 481. The fourth-order valence-corrected chi connectivity index (χ4v) is 3.45. The Hall–Kier alpha value is -1.62. The summed E-state index contributed by atoms with van der Waals surface area (Å²) in [6.07, 6.45) is 7.72. The van der Waals surface area contributed by atoms with Gasteiger partial charge in [0.1, 0.15) is 5.69 Å². The van der Waals surface area contributed by atoms with Gasteiger partial charge in [-0.05, 0) is 42.7 Å². The molecule has 4 N–H and O–H groups in total. The zero-order valence-corrected chi connectivity index (χ0v) is 13.0. The Morgan fingerprint density at radius 3 is 2.76 bits per heavy atom. The standard InChI is InChI=1S/C16H26N4O/c1-12(2)10-16(6-3-4-7-16)11-19-15(21)14-9-13(20-17)5-8-18-14/h5,8-9,12H,3-4,6-7,10-11,17H2,1-2H3,(H,18,20)(H,19,21). The van der Waals surface area contributed by atoms with E-state index in [9.17, 15) is 4.79 Å². The topological polar surface area (TPSA) is 80.0 Å². The highest BCUT2D eigenvalue weighted by Crippen LogP contribution is 2.42. The molecule has 0 spiro atoms. The van der Waals surface area contributed by atoms with Gasteiger partial charge in [-0.2, -0.15) is 0 Å². The molecule has 1 aromatic rings. The maximum Gasteiger partial charge on any atom is 0.269 e. The zero-order chi connectivity index (χ0) is 15.3. The molecule has 5 heteroatoms. The monoisotopic (exact) mass is 290 g/mol. The Morgan fingerprint density at radius 1 is 1.43 bits per heavy atom. The summed E-state index contributed by atoms with van der Waals surface area (Å²) in [7, 11) is 0. The van der Waals surface area contributed by atoms with Crippen molar-refractivity contribution in [2.45, 2.75) is 46.0 Å². The van der Waals surface area contributed by atoms with Crippen LogP contribution in [0.5, 0.6) is 0 Å². The maximum atomic E-state index is 12.3. The third-order valence-corrected chi connectivity index (χ3v) is 4.29. The first-order valence-electron chi connectivity index (χ1n) is 7.75. The van der Waals surface area contributed by atoms with Gasteiger partial charge >= 0.3 is 0 Å². The zero-order valence-electron chi connectivity index (χ0n) is 13.0. The predicted molar refractivity (Wildman–Crippen MR) is 84.7 cm³/mol. The Balaban J connectivity index is 1.98. The van der Waals surface area contributed by atoms with Gasteiger partial charge in [-0.15, -0.1) is 0 Å². The minimum Gasteiger partial charge on any atom is -0.350 e. The van der Waals surface area contributed by atoms with E-state index < -0.39 is 0 Å². The Morgan fingerprint density at radius 2 is 2.14 bits per heavy atom. The number of carbonyl (C=O) groups is 1. The molecule has 0 aliphatic heterocycles. The normalized spacial score (nSPS) is 17.0. The molecule has 1 saturated carbocycles. The van der Waals surface area contributed by atoms with E-state index in [1.54, 1.807) is 18.3 Å². The number of pyridine rings is 1. The molecule has 0 atom stereocenters. The van der Waals surface area contributed by atoms with Crippen molar-refractivity contribution < 1.29 is 4.79 Å². The van der Waals surface area contributed by atoms with E-state index in [0.29, 0.717) is 17.3 Å². The average Bonchev–Trinajstić information content (AvgIpc) is 2.93. The van der Waals surface area contributed by atoms with Crippen molar-refractivity contribution in [2.24, 2.45) is 17.2 Å². The number of hydrazine groups is 1. The van der Waals surface area contributed by atoms with E-state index in [4.69, 9.17) is 5.84 Å².